The Morgan fingerprint density at radius 2 is 1.95 bits per heavy atom. The predicted octanol–water partition coefficient (Wildman–Crippen LogP) is 2.05. The number of nitro groups is 1. The number of non-ortho nitro benzene ring substituents is 1. The number of sulfonamides is 1. The van der Waals surface area contributed by atoms with E-state index in [0.717, 1.165) is 12.8 Å². The van der Waals surface area contributed by atoms with E-state index in [0.29, 0.717) is 18.0 Å². The molecule has 0 N–H and O–H groups in total. The summed E-state index contributed by atoms with van der Waals surface area (Å²) in [5, 5.41) is 19.3. The van der Waals surface area contributed by atoms with Crippen LogP contribution in [0, 0.1) is 27.4 Å². The van der Waals surface area contributed by atoms with Gasteiger partial charge >= 0.3 is 0 Å². The van der Waals surface area contributed by atoms with Gasteiger partial charge in [-0.15, -0.1) is 0 Å². The van der Waals surface area contributed by atoms with Crippen LogP contribution in [0.25, 0.3) is 0 Å². The molecule has 1 aromatic carbocycles. The molecule has 0 radical (unpaired) electrons. The maximum Gasteiger partial charge on any atom is 0.269 e. The number of nitrogens with zero attached hydrogens (tertiary/aromatic N) is 3. The fraction of sp³-hybridized carbons (Fsp3) is 0.500. The summed E-state index contributed by atoms with van der Waals surface area (Å²) < 4.78 is 26.3. The topological polar surface area (TPSA) is 104 Å². The van der Waals surface area contributed by atoms with Crippen molar-refractivity contribution in [3.8, 4) is 6.07 Å². The third kappa shape index (κ3) is 4.51. The second-order valence-electron chi connectivity index (χ2n) is 5.39. The van der Waals surface area contributed by atoms with Crippen molar-refractivity contribution < 1.29 is 13.3 Å². The minimum absolute atomic E-state index is 0.0690. The van der Waals surface area contributed by atoms with E-state index in [9.17, 15) is 18.5 Å². The highest BCUT2D eigenvalue weighted by Crippen LogP contribution is 2.31. The van der Waals surface area contributed by atoms with Crippen molar-refractivity contribution in [1.29, 1.82) is 5.26 Å². The number of benzene rings is 1. The zero-order valence-electron chi connectivity index (χ0n) is 12.0. The maximum atomic E-state index is 12.5. The fourth-order valence-corrected chi connectivity index (χ4v) is 3.73. The van der Waals surface area contributed by atoms with E-state index in [4.69, 9.17) is 5.26 Å². The van der Waals surface area contributed by atoms with Crippen LogP contribution in [0.3, 0.4) is 0 Å². The summed E-state index contributed by atoms with van der Waals surface area (Å²) in [7, 11) is -3.52. The van der Waals surface area contributed by atoms with Crippen LogP contribution in [-0.4, -0.2) is 30.7 Å². The third-order valence-corrected chi connectivity index (χ3v) is 5.34. The molecule has 0 bridgehead atoms. The van der Waals surface area contributed by atoms with Crippen molar-refractivity contribution in [2.75, 3.05) is 13.1 Å². The first-order chi connectivity index (χ1) is 10.4. The highest BCUT2D eigenvalue weighted by Gasteiger charge is 2.30. The molecular weight excluding hydrogens is 306 g/mol. The van der Waals surface area contributed by atoms with Gasteiger partial charge in [0, 0.05) is 31.6 Å². The molecular formula is C14H17N3O4S. The number of nitriles is 1. The van der Waals surface area contributed by atoms with Crippen LogP contribution in [0.2, 0.25) is 0 Å². The lowest BCUT2D eigenvalue weighted by Gasteiger charge is -2.21. The summed E-state index contributed by atoms with van der Waals surface area (Å²) in [6.07, 6.45) is 2.21. The van der Waals surface area contributed by atoms with Gasteiger partial charge in [0.1, 0.15) is 0 Å². The van der Waals surface area contributed by atoms with Gasteiger partial charge in [-0.1, -0.05) is 12.1 Å². The Hall–Kier alpha value is -1.98. The molecule has 0 heterocycles. The highest BCUT2D eigenvalue weighted by atomic mass is 32.2. The van der Waals surface area contributed by atoms with E-state index in [1.165, 1.54) is 28.6 Å². The third-order valence-electron chi connectivity index (χ3n) is 3.52. The summed E-state index contributed by atoms with van der Waals surface area (Å²) in [6.45, 7) is 0.652. The van der Waals surface area contributed by atoms with E-state index in [-0.39, 0.29) is 24.4 Å². The number of nitro benzene ring substituents is 1. The lowest BCUT2D eigenvalue weighted by atomic mass is 10.2. The molecule has 1 aliphatic rings. The first-order valence-corrected chi connectivity index (χ1v) is 8.61. The van der Waals surface area contributed by atoms with E-state index in [1.54, 1.807) is 0 Å². The minimum Gasteiger partial charge on any atom is -0.258 e. The van der Waals surface area contributed by atoms with Crippen LogP contribution in [0.1, 0.15) is 24.8 Å². The first-order valence-electron chi connectivity index (χ1n) is 7.00. The number of rotatable bonds is 8. The molecule has 0 amide bonds. The van der Waals surface area contributed by atoms with E-state index >= 15 is 0 Å². The standard InChI is InChI=1S/C14H17N3O4S/c15-8-1-9-16(10-12-2-3-12)22(20,21)11-13-4-6-14(7-5-13)17(18)19/h4-7,12H,1-3,9-11H2. The predicted molar refractivity (Wildman–Crippen MR) is 80.2 cm³/mol. The van der Waals surface area contributed by atoms with Crippen LogP contribution in [0.4, 0.5) is 5.69 Å². The van der Waals surface area contributed by atoms with Gasteiger partial charge in [0.25, 0.3) is 5.69 Å². The Labute approximate surface area is 129 Å². The molecule has 2 rings (SSSR count). The van der Waals surface area contributed by atoms with Crippen LogP contribution < -0.4 is 0 Å². The Morgan fingerprint density at radius 3 is 2.45 bits per heavy atom. The molecule has 0 atom stereocenters. The average molecular weight is 323 g/mol. The highest BCUT2D eigenvalue weighted by molar-refractivity contribution is 7.88. The zero-order chi connectivity index (χ0) is 16.2. The average Bonchev–Trinajstić information content (AvgIpc) is 3.27. The molecule has 7 nitrogen and oxygen atoms in total. The second-order valence-corrected chi connectivity index (χ2v) is 7.36. The van der Waals surface area contributed by atoms with Crippen LogP contribution in [0.5, 0.6) is 0 Å². The first kappa shape index (κ1) is 16.4. The molecule has 0 saturated heterocycles. The van der Waals surface area contributed by atoms with E-state index in [2.05, 4.69) is 0 Å². The fourth-order valence-electron chi connectivity index (χ4n) is 2.12. The normalized spacial score (nSPS) is 14.7. The van der Waals surface area contributed by atoms with Crippen molar-refractivity contribution >= 4 is 15.7 Å². The number of hydrogen-bond acceptors (Lipinski definition) is 5. The van der Waals surface area contributed by atoms with Crippen LogP contribution >= 0.6 is 0 Å². The van der Waals surface area contributed by atoms with Crippen molar-refractivity contribution in [2.24, 2.45) is 5.92 Å². The molecule has 0 unspecified atom stereocenters. The van der Waals surface area contributed by atoms with Gasteiger partial charge in [-0.2, -0.15) is 5.26 Å². The SMILES string of the molecule is N#CCCN(CC1CC1)S(=O)(=O)Cc1ccc([N+](=O)[O-])cc1. The van der Waals surface area contributed by atoms with Crippen molar-refractivity contribution in [3.05, 3.63) is 39.9 Å². The quantitative estimate of drug-likeness (QED) is 0.538. The Balaban J connectivity index is 2.09. The molecule has 0 spiro atoms. The summed E-state index contributed by atoms with van der Waals surface area (Å²) in [6, 6.07) is 7.47. The number of hydrogen-bond donors (Lipinski definition) is 0. The largest absolute Gasteiger partial charge is 0.269 e. The van der Waals surface area contributed by atoms with Gasteiger partial charge in [0.2, 0.25) is 10.0 Å². The van der Waals surface area contributed by atoms with Gasteiger partial charge in [-0.3, -0.25) is 10.1 Å². The van der Waals surface area contributed by atoms with Gasteiger partial charge in [0.15, 0.2) is 0 Å². The van der Waals surface area contributed by atoms with Gasteiger partial charge in [0.05, 0.1) is 16.7 Å². The molecule has 118 valence electrons. The Kier molecular flexibility index (Phi) is 5.11. The molecule has 1 saturated carbocycles. The Morgan fingerprint density at radius 1 is 1.32 bits per heavy atom. The van der Waals surface area contributed by atoms with Crippen molar-refractivity contribution in [2.45, 2.75) is 25.0 Å². The minimum atomic E-state index is -3.52. The molecule has 1 aromatic rings. The van der Waals surface area contributed by atoms with Crippen LogP contribution in [0.15, 0.2) is 24.3 Å². The smallest absolute Gasteiger partial charge is 0.258 e. The van der Waals surface area contributed by atoms with Gasteiger partial charge < -0.3 is 0 Å². The van der Waals surface area contributed by atoms with Crippen molar-refractivity contribution in [1.82, 2.24) is 4.31 Å². The molecule has 8 heteroatoms. The molecule has 0 aliphatic heterocycles. The Bertz CT molecular complexity index is 675. The second kappa shape index (κ2) is 6.85. The monoisotopic (exact) mass is 323 g/mol. The molecule has 0 aromatic heterocycles. The van der Waals surface area contributed by atoms with Crippen molar-refractivity contribution in [3.63, 3.8) is 0 Å². The van der Waals surface area contributed by atoms with Gasteiger partial charge in [-0.05, 0) is 24.3 Å². The summed E-state index contributed by atoms with van der Waals surface area (Å²) in [5.41, 5.74) is 0.434. The van der Waals surface area contributed by atoms with Crippen LogP contribution in [-0.2, 0) is 15.8 Å². The molecule has 1 aliphatic carbocycles. The molecule has 1 fully saturated rings. The summed E-state index contributed by atoms with van der Waals surface area (Å²) in [4.78, 5) is 10.1. The lowest BCUT2D eigenvalue weighted by molar-refractivity contribution is -0.384. The summed E-state index contributed by atoms with van der Waals surface area (Å²) >= 11 is 0. The van der Waals surface area contributed by atoms with E-state index in [1.807, 2.05) is 6.07 Å². The zero-order valence-corrected chi connectivity index (χ0v) is 12.8. The maximum absolute atomic E-state index is 12.5. The van der Waals surface area contributed by atoms with Gasteiger partial charge in [-0.25, -0.2) is 12.7 Å². The lowest BCUT2D eigenvalue weighted by Crippen LogP contribution is -2.34. The summed E-state index contributed by atoms with van der Waals surface area (Å²) in [5.74, 6) is 0.189. The van der Waals surface area contributed by atoms with E-state index < -0.39 is 14.9 Å². The molecule has 22 heavy (non-hydrogen) atoms.